The van der Waals surface area contributed by atoms with Crippen LogP contribution >= 0.6 is 0 Å². The van der Waals surface area contributed by atoms with Gasteiger partial charge in [-0.3, -0.25) is 4.79 Å². The van der Waals surface area contributed by atoms with Gasteiger partial charge in [-0.2, -0.15) is 0 Å². The van der Waals surface area contributed by atoms with Gasteiger partial charge in [0.15, 0.2) is 0 Å². The first-order chi connectivity index (χ1) is 5.77. The molecule has 0 aromatic rings. The molecule has 0 spiro atoms. The molecule has 0 amide bonds. The van der Waals surface area contributed by atoms with Crippen LogP contribution in [0.1, 0.15) is 39.0 Å². The summed E-state index contributed by atoms with van der Waals surface area (Å²) in [6, 6.07) is 0.839. The normalized spacial score (nSPS) is 40.9. The molecule has 2 fully saturated rings. The molecule has 1 aliphatic heterocycles. The SMILES string of the molecule is CC(=O)C1CC2CCCCC2N1. The quantitative estimate of drug-likeness (QED) is 0.641. The van der Waals surface area contributed by atoms with Crippen molar-refractivity contribution >= 4 is 5.78 Å². The lowest BCUT2D eigenvalue weighted by Gasteiger charge is -2.24. The average molecular weight is 167 g/mol. The van der Waals surface area contributed by atoms with Crippen LogP contribution in [0.15, 0.2) is 0 Å². The Kier molecular flexibility index (Phi) is 2.18. The number of hydrogen-bond acceptors (Lipinski definition) is 2. The van der Waals surface area contributed by atoms with E-state index in [1.54, 1.807) is 6.92 Å². The van der Waals surface area contributed by atoms with Gasteiger partial charge in [0, 0.05) is 6.04 Å². The number of Topliss-reactive ketones (excluding diaryl/α,β-unsaturated/α-hetero) is 1. The second kappa shape index (κ2) is 3.17. The first-order valence-electron chi connectivity index (χ1n) is 5.04. The molecule has 68 valence electrons. The van der Waals surface area contributed by atoms with Gasteiger partial charge >= 0.3 is 0 Å². The highest BCUT2D eigenvalue weighted by molar-refractivity contribution is 5.81. The highest BCUT2D eigenvalue weighted by Crippen LogP contribution is 2.33. The maximum absolute atomic E-state index is 11.1. The van der Waals surface area contributed by atoms with Gasteiger partial charge in [-0.1, -0.05) is 12.8 Å². The maximum Gasteiger partial charge on any atom is 0.146 e. The summed E-state index contributed by atoms with van der Waals surface area (Å²) in [7, 11) is 0. The van der Waals surface area contributed by atoms with Crippen molar-refractivity contribution in [3.63, 3.8) is 0 Å². The Labute approximate surface area is 73.7 Å². The Morgan fingerprint density at radius 3 is 2.75 bits per heavy atom. The van der Waals surface area contributed by atoms with Crippen molar-refractivity contribution in [1.29, 1.82) is 0 Å². The molecular formula is C10H17NO. The van der Waals surface area contributed by atoms with E-state index in [0.717, 1.165) is 12.3 Å². The van der Waals surface area contributed by atoms with Crippen LogP contribution in [-0.4, -0.2) is 17.9 Å². The fraction of sp³-hybridized carbons (Fsp3) is 0.900. The van der Waals surface area contributed by atoms with Crippen molar-refractivity contribution in [2.24, 2.45) is 5.92 Å². The molecule has 0 aromatic heterocycles. The van der Waals surface area contributed by atoms with E-state index in [-0.39, 0.29) is 6.04 Å². The lowest BCUT2D eigenvalue weighted by atomic mass is 9.85. The number of ketones is 1. The fourth-order valence-corrected chi connectivity index (χ4v) is 2.62. The van der Waals surface area contributed by atoms with Crippen molar-refractivity contribution < 1.29 is 4.79 Å². The zero-order chi connectivity index (χ0) is 8.55. The van der Waals surface area contributed by atoms with Crippen molar-refractivity contribution in [3.8, 4) is 0 Å². The predicted molar refractivity (Wildman–Crippen MR) is 48.0 cm³/mol. The lowest BCUT2D eigenvalue weighted by Crippen LogP contribution is -2.36. The van der Waals surface area contributed by atoms with Crippen molar-refractivity contribution in [2.45, 2.75) is 51.1 Å². The van der Waals surface area contributed by atoms with Gasteiger partial charge in [0.2, 0.25) is 0 Å². The number of hydrogen-bond donors (Lipinski definition) is 1. The van der Waals surface area contributed by atoms with E-state index < -0.39 is 0 Å². The third-order valence-corrected chi connectivity index (χ3v) is 3.35. The summed E-state index contributed by atoms with van der Waals surface area (Å²) in [6.07, 6.45) is 6.43. The van der Waals surface area contributed by atoms with E-state index in [2.05, 4.69) is 5.32 Å². The molecule has 1 heterocycles. The summed E-state index contributed by atoms with van der Waals surface area (Å²) in [5.74, 6) is 1.12. The number of nitrogens with one attached hydrogen (secondary N) is 1. The Morgan fingerprint density at radius 2 is 2.08 bits per heavy atom. The van der Waals surface area contributed by atoms with Gasteiger partial charge in [-0.25, -0.2) is 0 Å². The first-order valence-corrected chi connectivity index (χ1v) is 5.04. The maximum atomic E-state index is 11.1. The number of carbonyl (C=O) groups is 1. The molecule has 1 saturated carbocycles. The van der Waals surface area contributed by atoms with Crippen LogP contribution in [0.4, 0.5) is 0 Å². The molecule has 1 N–H and O–H groups in total. The summed E-state index contributed by atoms with van der Waals surface area (Å²) in [5, 5.41) is 3.44. The number of rotatable bonds is 1. The topological polar surface area (TPSA) is 29.1 Å². The zero-order valence-electron chi connectivity index (χ0n) is 7.68. The zero-order valence-corrected chi connectivity index (χ0v) is 7.68. The minimum Gasteiger partial charge on any atom is -0.304 e. The van der Waals surface area contributed by atoms with Crippen LogP contribution in [0.2, 0.25) is 0 Å². The minimum absolute atomic E-state index is 0.179. The number of carbonyl (C=O) groups excluding carboxylic acids is 1. The standard InChI is InChI=1S/C10H17NO/c1-7(12)10-6-8-4-2-3-5-9(8)11-10/h8-11H,2-6H2,1H3. The third-order valence-electron chi connectivity index (χ3n) is 3.35. The highest BCUT2D eigenvalue weighted by atomic mass is 16.1. The van der Waals surface area contributed by atoms with E-state index in [9.17, 15) is 4.79 Å². The first kappa shape index (κ1) is 8.24. The van der Waals surface area contributed by atoms with E-state index in [1.165, 1.54) is 25.7 Å². The Bertz CT molecular complexity index is 176. The van der Waals surface area contributed by atoms with Gasteiger partial charge in [0.1, 0.15) is 5.78 Å². The largest absolute Gasteiger partial charge is 0.304 e. The molecule has 12 heavy (non-hydrogen) atoms. The molecule has 3 unspecified atom stereocenters. The summed E-state index contributed by atoms with van der Waals surface area (Å²) < 4.78 is 0. The monoisotopic (exact) mass is 167 g/mol. The molecular weight excluding hydrogens is 150 g/mol. The van der Waals surface area contributed by atoms with Crippen LogP contribution in [0.25, 0.3) is 0 Å². The number of fused-ring (bicyclic) bond motifs is 1. The third kappa shape index (κ3) is 1.40. The van der Waals surface area contributed by atoms with E-state index in [1.807, 2.05) is 0 Å². The minimum atomic E-state index is 0.179. The average Bonchev–Trinajstić information content (AvgIpc) is 2.46. The summed E-state index contributed by atoms with van der Waals surface area (Å²) >= 11 is 0. The summed E-state index contributed by atoms with van der Waals surface area (Å²) in [5.41, 5.74) is 0. The summed E-state index contributed by atoms with van der Waals surface area (Å²) in [6.45, 7) is 1.70. The molecule has 1 aliphatic carbocycles. The van der Waals surface area contributed by atoms with Crippen LogP contribution in [0.5, 0.6) is 0 Å². The van der Waals surface area contributed by atoms with Crippen LogP contribution in [0, 0.1) is 5.92 Å². The highest BCUT2D eigenvalue weighted by Gasteiger charge is 2.36. The molecule has 2 nitrogen and oxygen atoms in total. The Hall–Kier alpha value is -0.370. The predicted octanol–water partition coefficient (Wildman–Crippen LogP) is 1.50. The molecule has 3 atom stereocenters. The van der Waals surface area contributed by atoms with Gasteiger partial charge in [0.05, 0.1) is 6.04 Å². The van der Waals surface area contributed by atoms with Crippen LogP contribution in [0.3, 0.4) is 0 Å². The fourth-order valence-electron chi connectivity index (χ4n) is 2.62. The van der Waals surface area contributed by atoms with Gasteiger partial charge < -0.3 is 5.32 Å². The molecule has 2 aliphatic rings. The van der Waals surface area contributed by atoms with Gasteiger partial charge in [-0.05, 0) is 32.1 Å². The molecule has 0 aromatic carbocycles. The van der Waals surface area contributed by atoms with Crippen LogP contribution in [-0.2, 0) is 4.79 Å². The smallest absolute Gasteiger partial charge is 0.146 e. The second-order valence-corrected chi connectivity index (χ2v) is 4.22. The molecule has 2 rings (SSSR count). The van der Waals surface area contributed by atoms with Crippen molar-refractivity contribution in [1.82, 2.24) is 5.32 Å². The van der Waals surface area contributed by atoms with E-state index >= 15 is 0 Å². The van der Waals surface area contributed by atoms with Crippen LogP contribution < -0.4 is 5.32 Å². The molecule has 2 heteroatoms. The van der Waals surface area contributed by atoms with Gasteiger partial charge in [0.25, 0.3) is 0 Å². The summed E-state index contributed by atoms with van der Waals surface area (Å²) in [4.78, 5) is 11.1. The molecule has 0 radical (unpaired) electrons. The Morgan fingerprint density at radius 1 is 1.33 bits per heavy atom. The molecule has 0 bridgehead atoms. The lowest BCUT2D eigenvalue weighted by molar-refractivity contribution is -0.118. The Balaban J connectivity index is 1.98. The second-order valence-electron chi connectivity index (χ2n) is 4.22. The van der Waals surface area contributed by atoms with Crippen molar-refractivity contribution in [3.05, 3.63) is 0 Å². The van der Waals surface area contributed by atoms with Gasteiger partial charge in [-0.15, -0.1) is 0 Å². The molecule has 1 saturated heterocycles. The van der Waals surface area contributed by atoms with E-state index in [0.29, 0.717) is 11.8 Å². The van der Waals surface area contributed by atoms with Crippen molar-refractivity contribution in [2.75, 3.05) is 0 Å². The van der Waals surface area contributed by atoms with E-state index in [4.69, 9.17) is 0 Å².